The summed E-state index contributed by atoms with van der Waals surface area (Å²) in [6, 6.07) is 5.92. The summed E-state index contributed by atoms with van der Waals surface area (Å²) in [6.45, 7) is 0.0658. The van der Waals surface area contributed by atoms with E-state index in [9.17, 15) is 14.7 Å². The number of hydrogen-bond donors (Lipinski definition) is 2. The van der Waals surface area contributed by atoms with Gasteiger partial charge in [0.1, 0.15) is 6.04 Å². The van der Waals surface area contributed by atoms with Crippen molar-refractivity contribution in [2.45, 2.75) is 25.0 Å². The molecule has 102 valence electrons. The first-order valence-corrected chi connectivity index (χ1v) is 6.30. The molecule has 0 spiro atoms. The van der Waals surface area contributed by atoms with Crippen molar-refractivity contribution in [1.29, 1.82) is 0 Å². The summed E-state index contributed by atoms with van der Waals surface area (Å²) in [5.41, 5.74) is 0.725. The van der Waals surface area contributed by atoms with Crippen LogP contribution in [0, 0.1) is 0 Å². The Morgan fingerprint density at radius 2 is 2.16 bits per heavy atom. The van der Waals surface area contributed by atoms with Crippen LogP contribution in [0.3, 0.4) is 0 Å². The van der Waals surface area contributed by atoms with Crippen molar-refractivity contribution in [3.63, 3.8) is 0 Å². The van der Waals surface area contributed by atoms with Gasteiger partial charge in [-0.3, -0.25) is 4.79 Å². The molecule has 2 unspecified atom stereocenters. The lowest BCUT2D eigenvalue weighted by molar-refractivity contribution is -0.148. The Hall–Kier alpha value is -1.59. The average Bonchev–Trinajstić information content (AvgIpc) is 2.71. The highest BCUT2D eigenvalue weighted by atomic mass is 35.5. The standard InChI is InChI=1S/C13H14ClNO4/c14-9-3-1-2-8(4-9)5-12(17)15-7-10(16)6-11(15)13(18)19/h1-4,10-11,16H,5-7H2,(H,18,19). The minimum absolute atomic E-state index is 0.0658. The zero-order valence-electron chi connectivity index (χ0n) is 10.1. The lowest BCUT2D eigenvalue weighted by Crippen LogP contribution is -2.41. The first-order chi connectivity index (χ1) is 8.97. The van der Waals surface area contributed by atoms with Crippen LogP contribution in [-0.2, 0) is 16.0 Å². The number of aliphatic hydroxyl groups excluding tert-OH is 1. The van der Waals surface area contributed by atoms with Gasteiger partial charge in [-0.2, -0.15) is 0 Å². The first-order valence-electron chi connectivity index (χ1n) is 5.92. The van der Waals surface area contributed by atoms with Crippen LogP contribution >= 0.6 is 11.6 Å². The largest absolute Gasteiger partial charge is 0.480 e. The number of amides is 1. The third-order valence-electron chi connectivity index (χ3n) is 3.13. The highest BCUT2D eigenvalue weighted by Crippen LogP contribution is 2.20. The van der Waals surface area contributed by atoms with E-state index >= 15 is 0 Å². The van der Waals surface area contributed by atoms with E-state index < -0.39 is 18.1 Å². The number of benzene rings is 1. The summed E-state index contributed by atoms with van der Waals surface area (Å²) >= 11 is 5.83. The molecule has 1 aliphatic rings. The Balaban J connectivity index is 2.09. The quantitative estimate of drug-likeness (QED) is 0.865. The number of β-amino-alcohol motifs (C(OH)–C–C–N with tert-alkyl or cyclic N) is 1. The van der Waals surface area contributed by atoms with Gasteiger partial charge in [-0.1, -0.05) is 23.7 Å². The second-order valence-electron chi connectivity index (χ2n) is 4.60. The smallest absolute Gasteiger partial charge is 0.326 e. The maximum absolute atomic E-state index is 12.1. The molecule has 1 aromatic rings. The maximum Gasteiger partial charge on any atom is 0.326 e. The fraction of sp³-hybridized carbons (Fsp3) is 0.385. The summed E-state index contributed by atoms with van der Waals surface area (Å²) in [5.74, 6) is -1.40. The van der Waals surface area contributed by atoms with Gasteiger partial charge in [0.2, 0.25) is 5.91 Å². The molecular formula is C13H14ClNO4. The summed E-state index contributed by atoms with van der Waals surface area (Å²) in [6.07, 6.45) is -0.613. The third-order valence-corrected chi connectivity index (χ3v) is 3.36. The molecule has 1 aromatic carbocycles. The summed E-state index contributed by atoms with van der Waals surface area (Å²) < 4.78 is 0. The number of carbonyl (C=O) groups is 2. The summed E-state index contributed by atoms with van der Waals surface area (Å²) in [5, 5.41) is 19.1. The van der Waals surface area contributed by atoms with Crippen molar-refractivity contribution >= 4 is 23.5 Å². The Morgan fingerprint density at radius 1 is 1.42 bits per heavy atom. The molecule has 0 bridgehead atoms. The van der Waals surface area contributed by atoms with Crippen LogP contribution in [0.25, 0.3) is 0 Å². The molecule has 1 saturated heterocycles. The molecule has 2 atom stereocenters. The molecule has 2 N–H and O–H groups in total. The van der Waals surface area contributed by atoms with Gasteiger partial charge in [0.15, 0.2) is 0 Å². The zero-order valence-corrected chi connectivity index (χ0v) is 10.9. The molecule has 1 aliphatic heterocycles. The molecule has 0 aliphatic carbocycles. The van der Waals surface area contributed by atoms with Crippen molar-refractivity contribution in [2.75, 3.05) is 6.54 Å². The molecule has 2 rings (SSSR count). The molecule has 0 saturated carbocycles. The molecule has 6 heteroatoms. The van der Waals surface area contributed by atoms with Crippen molar-refractivity contribution in [3.8, 4) is 0 Å². The second kappa shape index (κ2) is 5.59. The van der Waals surface area contributed by atoms with Crippen LogP contribution in [0.5, 0.6) is 0 Å². The number of carbonyl (C=O) groups excluding carboxylic acids is 1. The van der Waals surface area contributed by atoms with E-state index in [0.29, 0.717) is 5.02 Å². The number of aliphatic carboxylic acids is 1. The van der Waals surface area contributed by atoms with E-state index in [1.807, 2.05) is 0 Å². The normalized spacial score (nSPS) is 22.5. The highest BCUT2D eigenvalue weighted by Gasteiger charge is 2.38. The Bertz CT molecular complexity index is 505. The number of carboxylic acid groups (broad SMARTS) is 1. The van der Waals surface area contributed by atoms with E-state index in [1.165, 1.54) is 4.90 Å². The van der Waals surface area contributed by atoms with Gasteiger partial charge in [0.25, 0.3) is 0 Å². The lowest BCUT2D eigenvalue weighted by Gasteiger charge is -2.21. The highest BCUT2D eigenvalue weighted by molar-refractivity contribution is 6.30. The summed E-state index contributed by atoms with van der Waals surface area (Å²) in [7, 11) is 0. The van der Waals surface area contributed by atoms with Crippen LogP contribution in [0.15, 0.2) is 24.3 Å². The monoisotopic (exact) mass is 283 g/mol. The molecule has 19 heavy (non-hydrogen) atoms. The van der Waals surface area contributed by atoms with Crippen LogP contribution < -0.4 is 0 Å². The number of halogens is 1. The lowest BCUT2D eigenvalue weighted by atomic mass is 10.1. The molecule has 5 nitrogen and oxygen atoms in total. The topological polar surface area (TPSA) is 77.8 Å². The van der Waals surface area contributed by atoms with Gasteiger partial charge in [-0.15, -0.1) is 0 Å². The van der Waals surface area contributed by atoms with E-state index in [2.05, 4.69) is 0 Å². The minimum atomic E-state index is -1.09. The van der Waals surface area contributed by atoms with Gasteiger partial charge >= 0.3 is 5.97 Å². The summed E-state index contributed by atoms with van der Waals surface area (Å²) in [4.78, 5) is 24.4. The average molecular weight is 284 g/mol. The fourth-order valence-electron chi connectivity index (χ4n) is 2.25. The van der Waals surface area contributed by atoms with Crippen molar-refractivity contribution in [3.05, 3.63) is 34.9 Å². The molecule has 1 fully saturated rings. The zero-order chi connectivity index (χ0) is 14.0. The maximum atomic E-state index is 12.1. The number of hydrogen-bond acceptors (Lipinski definition) is 3. The predicted molar refractivity (Wildman–Crippen MR) is 68.9 cm³/mol. The van der Waals surface area contributed by atoms with Crippen LogP contribution in [0.2, 0.25) is 5.02 Å². The number of carboxylic acids is 1. The second-order valence-corrected chi connectivity index (χ2v) is 5.03. The number of likely N-dealkylation sites (tertiary alicyclic amines) is 1. The van der Waals surface area contributed by atoms with Crippen molar-refractivity contribution in [1.82, 2.24) is 4.90 Å². The molecule has 0 radical (unpaired) electrons. The third kappa shape index (κ3) is 3.24. The Kier molecular flexibility index (Phi) is 4.07. The van der Waals surface area contributed by atoms with E-state index in [0.717, 1.165) is 5.56 Å². The van der Waals surface area contributed by atoms with Gasteiger partial charge in [-0.25, -0.2) is 4.79 Å². The van der Waals surface area contributed by atoms with Gasteiger partial charge in [0, 0.05) is 18.0 Å². The number of aliphatic hydroxyl groups is 1. The van der Waals surface area contributed by atoms with Crippen LogP contribution in [0.4, 0.5) is 0 Å². The van der Waals surface area contributed by atoms with E-state index in [4.69, 9.17) is 16.7 Å². The number of nitrogens with zero attached hydrogens (tertiary/aromatic N) is 1. The minimum Gasteiger partial charge on any atom is -0.480 e. The van der Waals surface area contributed by atoms with Gasteiger partial charge in [0.05, 0.1) is 12.5 Å². The van der Waals surface area contributed by atoms with Crippen molar-refractivity contribution in [2.24, 2.45) is 0 Å². The van der Waals surface area contributed by atoms with Crippen LogP contribution in [0.1, 0.15) is 12.0 Å². The van der Waals surface area contributed by atoms with Crippen LogP contribution in [-0.4, -0.2) is 45.7 Å². The molecule has 0 aromatic heterocycles. The fourth-order valence-corrected chi connectivity index (χ4v) is 2.46. The predicted octanol–water partition coefficient (Wildman–Crippen LogP) is 0.929. The Morgan fingerprint density at radius 3 is 2.79 bits per heavy atom. The Labute approximate surface area is 115 Å². The number of rotatable bonds is 3. The molecule has 1 amide bonds. The molecule has 1 heterocycles. The van der Waals surface area contributed by atoms with E-state index in [1.54, 1.807) is 24.3 Å². The molecular weight excluding hydrogens is 270 g/mol. The first kappa shape index (κ1) is 13.8. The van der Waals surface area contributed by atoms with E-state index in [-0.39, 0.29) is 25.3 Å². The SMILES string of the molecule is O=C(O)C1CC(O)CN1C(=O)Cc1cccc(Cl)c1. The van der Waals surface area contributed by atoms with Gasteiger partial charge < -0.3 is 15.1 Å². The van der Waals surface area contributed by atoms with Crippen molar-refractivity contribution < 1.29 is 19.8 Å². The van der Waals surface area contributed by atoms with Gasteiger partial charge in [-0.05, 0) is 17.7 Å².